The summed E-state index contributed by atoms with van der Waals surface area (Å²) in [4.78, 5) is 18.9. The summed E-state index contributed by atoms with van der Waals surface area (Å²) in [7, 11) is 0. The largest absolute Gasteiger partial charge is 0.463 e. The number of carbonyl (C=O) groups is 1. The zero-order valence-corrected chi connectivity index (χ0v) is 12.8. The Hall–Kier alpha value is -2.63. The standard InChI is InChI=1S/C16H17N3O3/c1-4-19(5-2)16(20)11-9-12(13-7-6-8-21-13)17-15-14(11)10(3)18-22-15/h6-9H,4-5H2,1-3H3. The maximum absolute atomic E-state index is 12.8. The van der Waals surface area contributed by atoms with Crippen molar-refractivity contribution in [3.63, 3.8) is 0 Å². The van der Waals surface area contributed by atoms with Crippen molar-refractivity contribution < 1.29 is 13.7 Å². The molecule has 0 fully saturated rings. The van der Waals surface area contributed by atoms with Gasteiger partial charge in [-0.25, -0.2) is 4.98 Å². The first-order valence-electron chi connectivity index (χ1n) is 7.25. The number of furan rings is 1. The van der Waals surface area contributed by atoms with Crippen LogP contribution in [0.1, 0.15) is 29.9 Å². The zero-order valence-electron chi connectivity index (χ0n) is 12.8. The fourth-order valence-electron chi connectivity index (χ4n) is 2.50. The third kappa shape index (κ3) is 2.26. The van der Waals surface area contributed by atoms with Gasteiger partial charge in [0.25, 0.3) is 11.6 Å². The Kier molecular flexibility index (Phi) is 3.66. The van der Waals surface area contributed by atoms with Crippen LogP contribution in [0.25, 0.3) is 22.6 Å². The Morgan fingerprint density at radius 2 is 2.09 bits per heavy atom. The number of aromatic nitrogens is 2. The molecule has 3 heterocycles. The van der Waals surface area contributed by atoms with E-state index < -0.39 is 0 Å². The van der Waals surface area contributed by atoms with Gasteiger partial charge in [0.05, 0.1) is 22.9 Å². The summed E-state index contributed by atoms with van der Waals surface area (Å²) in [6.45, 7) is 6.99. The van der Waals surface area contributed by atoms with Gasteiger partial charge in [-0.1, -0.05) is 5.16 Å². The molecule has 0 unspecified atom stereocenters. The molecule has 0 saturated heterocycles. The van der Waals surface area contributed by atoms with Crippen molar-refractivity contribution >= 4 is 17.0 Å². The summed E-state index contributed by atoms with van der Waals surface area (Å²) in [5, 5.41) is 4.59. The van der Waals surface area contributed by atoms with Gasteiger partial charge in [-0.15, -0.1) is 0 Å². The van der Waals surface area contributed by atoms with E-state index in [4.69, 9.17) is 8.94 Å². The summed E-state index contributed by atoms with van der Waals surface area (Å²) < 4.78 is 10.6. The summed E-state index contributed by atoms with van der Waals surface area (Å²) in [6.07, 6.45) is 1.57. The highest BCUT2D eigenvalue weighted by atomic mass is 16.5. The Morgan fingerprint density at radius 1 is 1.32 bits per heavy atom. The molecule has 3 rings (SSSR count). The second-order valence-corrected chi connectivity index (χ2v) is 4.96. The molecule has 0 aromatic carbocycles. The lowest BCUT2D eigenvalue weighted by Crippen LogP contribution is -2.30. The number of aryl methyl sites for hydroxylation is 1. The van der Waals surface area contributed by atoms with Gasteiger partial charge in [-0.05, 0) is 39.0 Å². The van der Waals surface area contributed by atoms with Crippen LogP contribution in [0.4, 0.5) is 0 Å². The second kappa shape index (κ2) is 5.63. The van der Waals surface area contributed by atoms with E-state index in [0.29, 0.717) is 46.9 Å². The molecule has 0 atom stereocenters. The third-order valence-corrected chi connectivity index (χ3v) is 3.67. The molecular formula is C16H17N3O3. The van der Waals surface area contributed by atoms with Crippen molar-refractivity contribution in [3.05, 3.63) is 35.7 Å². The minimum Gasteiger partial charge on any atom is -0.463 e. The molecule has 0 radical (unpaired) electrons. The molecule has 114 valence electrons. The molecule has 6 heteroatoms. The molecule has 0 N–H and O–H groups in total. The number of amides is 1. The van der Waals surface area contributed by atoms with Crippen molar-refractivity contribution in [2.75, 3.05) is 13.1 Å². The van der Waals surface area contributed by atoms with Crippen LogP contribution in [-0.2, 0) is 0 Å². The van der Waals surface area contributed by atoms with Gasteiger partial charge >= 0.3 is 0 Å². The molecule has 0 spiro atoms. The van der Waals surface area contributed by atoms with Gasteiger partial charge in [0, 0.05) is 13.1 Å². The van der Waals surface area contributed by atoms with Crippen LogP contribution in [0, 0.1) is 6.92 Å². The van der Waals surface area contributed by atoms with E-state index in [2.05, 4.69) is 10.1 Å². The monoisotopic (exact) mass is 299 g/mol. The van der Waals surface area contributed by atoms with Crippen LogP contribution in [0.3, 0.4) is 0 Å². The summed E-state index contributed by atoms with van der Waals surface area (Å²) >= 11 is 0. The lowest BCUT2D eigenvalue weighted by Gasteiger charge is -2.19. The third-order valence-electron chi connectivity index (χ3n) is 3.67. The molecule has 0 aliphatic carbocycles. The molecule has 0 aliphatic rings. The van der Waals surface area contributed by atoms with E-state index in [9.17, 15) is 4.79 Å². The normalized spacial score (nSPS) is 11.0. The average molecular weight is 299 g/mol. The predicted octanol–water partition coefficient (Wildman–Crippen LogP) is 3.27. The van der Waals surface area contributed by atoms with E-state index in [0.717, 1.165) is 0 Å². The molecule has 0 aliphatic heterocycles. The number of carbonyl (C=O) groups excluding carboxylic acids is 1. The highest BCUT2D eigenvalue weighted by Gasteiger charge is 2.22. The Labute approximate surface area is 127 Å². The minimum absolute atomic E-state index is 0.0588. The van der Waals surface area contributed by atoms with Crippen LogP contribution in [0.5, 0.6) is 0 Å². The highest BCUT2D eigenvalue weighted by molar-refractivity contribution is 6.06. The van der Waals surface area contributed by atoms with Gasteiger partial charge in [0.15, 0.2) is 5.76 Å². The first-order chi connectivity index (χ1) is 10.7. The molecule has 3 aromatic heterocycles. The van der Waals surface area contributed by atoms with Crippen LogP contribution in [-0.4, -0.2) is 34.0 Å². The first kappa shape index (κ1) is 14.3. The molecular weight excluding hydrogens is 282 g/mol. The van der Waals surface area contributed by atoms with Crippen molar-refractivity contribution in [2.24, 2.45) is 0 Å². The predicted molar refractivity (Wildman–Crippen MR) is 81.5 cm³/mol. The number of rotatable bonds is 4. The van der Waals surface area contributed by atoms with Crippen LogP contribution >= 0.6 is 0 Å². The zero-order chi connectivity index (χ0) is 15.7. The summed E-state index contributed by atoms with van der Waals surface area (Å²) in [5.41, 5.74) is 2.11. The van der Waals surface area contributed by atoms with E-state index in [1.807, 2.05) is 13.8 Å². The van der Waals surface area contributed by atoms with E-state index in [-0.39, 0.29) is 5.91 Å². The Balaban J connectivity index is 2.22. The minimum atomic E-state index is -0.0588. The van der Waals surface area contributed by atoms with Crippen molar-refractivity contribution in [3.8, 4) is 11.5 Å². The number of hydrogen-bond donors (Lipinski definition) is 0. The van der Waals surface area contributed by atoms with Crippen molar-refractivity contribution in [1.82, 2.24) is 15.0 Å². The van der Waals surface area contributed by atoms with E-state index >= 15 is 0 Å². The average Bonchev–Trinajstić information content (AvgIpc) is 3.18. The number of fused-ring (bicyclic) bond motifs is 1. The van der Waals surface area contributed by atoms with Crippen LogP contribution in [0.15, 0.2) is 33.4 Å². The molecule has 6 nitrogen and oxygen atoms in total. The van der Waals surface area contributed by atoms with Gasteiger partial charge in [0.1, 0.15) is 5.69 Å². The van der Waals surface area contributed by atoms with Crippen LogP contribution in [0.2, 0.25) is 0 Å². The van der Waals surface area contributed by atoms with Crippen LogP contribution < -0.4 is 0 Å². The summed E-state index contributed by atoms with van der Waals surface area (Å²) in [6, 6.07) is 5.31. The van der Waals surface area contributed by atoms with Gasteiger partial charge in [0.2, 0.25) is 0 Å². The molecule has 22 heavy (non-hydrogen) atoms. The Bertz CT molecular complexity index is 802. The van der Waals surface area contributed by atoms with E-state index in [1.165, 1.54) is 0 Å². The first-order valence-corrected chi connectivity index (χ1v) is 7.25. The smallest absolute Gasteiger partial charge is 0.259 e. The molecule has 3 aromatic rings. The quantitative estimate of drug-likeness (QED) is 0.739. The lowest BCUT2D eigenvalue weighted by molar-refractivity contribution is 0.0775. The topological polar surface area (TPSA) is 72.4 Å². The maximum Gasteiger partial charge on any atom is 0.259 e. The fraction of sp³-hybridized carbons (Fsp3) is 0.312. The number of pyridine rings is 1. The number of hydrogen-bond acceptors (Lipinski definition) is 5. The van der Waals surface area contributed by atoms with Gasteiger partial charge in [-0.2, -0.15) is 0 Å². The Morgan fingerprint density at radius 3 is 2.73 bits per heavy atom. The SMILES string of the molecule is CCN(CC)C(=O)c1cc(-c2ccco2)nc2onc(C)c12. The second-order valence-electron chi connectivity index (χ2n) is 4.96. The fourth-order valence-corrected chi connectivity index (χ4v) is 2.50. The molecule has 0 saturated carbocycles. The summed E-state index contributed by atoms with van der Waals surface area (Å²) in [5.74, 6) is 0.529. The lowest BCUT2D eigenvalue weighted by atomic mass is 10.1. The number of nitrogens with zero attached hydrogens (tertiary/aromatic N) is 3. The molecule has 1 amide bonds. The van der Waals surface area contributed by atoms with Gasteiger partial charge < -0.3 is 13.8 Å². The maximum atomic E-state index is 12.8. The van der Waals surface area contributed by atoms with E-state index in [1.54, 1.807) is 36.3 Å². The van der Waals surface area contributed by atoms with Crippen molar-refractivity contribution in [1.29, 1.82) is 0 Å². The van der Waals surface area contributed by atoms with Gasteiger partial charge in [-0.3, -0.25) is 4.79 Å². The highest BCUT2D eigenvalue weighted by Crippen LogP contribution is 2.28. The van der Waals surface area contributed by atoms with Crippen molar-refractivity contribution in [2.45, 2.75) is 20.8 Å². The molecule has 0 bridgehead atoms.